The zero-order chi connectivity index (χ0) is 22.7. The Balaban J connectivity index is 1.86. The summed E-state index contributed by atoms with van der Waals surface area (Å²) in [6.07, 6.45) is 0.812. The second-order valence-electron chi connectivity index (χ2n) is 7.39. The van der Waals surface area contributed by atoms with E-state index in [1.807, 2.05) is 30.3 Å². The summed E-state index contributed by atoms with van der Waals surface area (Å²) in [5.41, 5.74) is 0.575. The van der Waals surface area contributed by atoms with Crippen LogP contribution in [0.25, 0.3) is 16.7 Å². The predicted molar refractivity (Wildman–Crippen MR) is 119 cm³/mol. The molecule has 1 N–H and O–H groups in total. The number of ether oxygens (including phenoxy) is 1. The average molecular weight is 431 g/mol. The third-order valence-corrected chi connectivity index (χ3v) is 4.95. The third kappa shape index (κ3) is 4.29. The molecule has 0 fully saturated rings. The number of nitrogens with zero attached hydrogens (tertiary/aromatic N) is 3. The van der Waals surface area contributed by atoms with Gasteiger partial charge in [0.1, 0.15) is 11.9 Å². The van der Waals surface area contributed by atoms with E-state index in [2.05, 4.69) is 4.98 Å². The van der Waals surface area contributed by atoms with Crippen LogP contribution in [0.3, 0.4) is 0 Å². The van der Waals surface area contributed by atoms with Crippen LogP contribution in [0.4, 0.5) is 0 Å². The zero-order valence-electron chi connectivity index (χ0n) is 17.3. The lowest BCUT2D eigenvalue weighted by Crippen LogP contribution is -2.40. The molecule has 0 aliphatic heterocycles. The van der Waals surface area contributed by atoms with Crippen molar-refractivity contribution < 1.29 is 14.6 Å². The molecule has 0 saturated heterocycles. The number of carboxylic acids is 1. The monoisotopic (exact) mass is 431 g/mol. The van der Waals surface area contributed by atoms with Gasteiger partial charge in [0.15, 0.2) is 5.65 Å². The van der Waals surface area contributed by atoms with E-state index >= 15 is 0 Å². The molecule has 2 heterocycles. The summed E-state index contributed by atoms with van der Waals surface area (Å²) in [5, 5.41) is 9.27. The van der Waals surface area contributed by atoms with Gasteiger partial charge in [-0.3, -0.25) is 14.2 Å². The molecule has 4 aromatic rings. The van der Waals surface area contributed by atoms with Gasteiger partial charge in [-0.15, -0.1) is 0 Å². The van der Waals surface area contributed by atoms with Crippen LogP contribution in [0, 0.1) is 0 Å². The molecule has 2 aromatic heterocycles. The van der Waals surface area contributed by atoms with Crippen LogP contribution in [-0.2, 0) is 11.3 Å². The van der Waals surface area contributed by atoms with E-state index in [1.165, 1.54) is 15.3 Å². The van der Waals surface area contributed by atoms with Crippen molar-refractivity contribution in [3.63, 3.8) is 0 Å². The number of carbonyl (C=O) groups is 1. The smallest absolute Gasteiger partial charge is 0.337 e. The Morgan fingerprint density at radius 3 is 2.59 bits per heavy atom. The van der Waals surface area contributed by atoms with Gasteiger partial charge in [0, 0.05) is 12.3 Å². The number of carboxylic acid groups (broad SMARTS) is 1. The number of hydrogen-bond donors (Lipinski definition) is 1. The molecule has 2 aromatic carbocycles. The molecular formula is C24H21N3O5. The van der Waals surface area contributed by atoms with Crippen LogP contribution < -0.4 is 16.0 Å². The van der Waals surface area contributed by atoms with Crippen molar-refractivity contribution >= 4 is 17.0 Å². The lowest BCUT2D eigenvalue weighted by atomic mass is 10.2. The molecule has 0 amide bonds. The third-order valence-electron chi connectivity index (χ3n) is 4.95. The number of aliphatic carboxylic acids is 1. The normalized spacial score (nSPS) is 11.9. The summed E-state index contributed by atoms with van der Waals surface area (Å²) in [4.78, 5) is 41.8. The molecule has 1 atom stereocenters. The summed E-state index contributed by atoms with van der Waals surface area (Å²) >= 11 is 0. The Labute approximate surface area is 183 Å². The van der Waals surface area contributed by atoms with Crippen molar-refractivity contribution in [2.24, 2.45) is 0 Å². The summed E-state index contributed by atoms with van der Waals surface area (Å²) in [6, 6.07) is 19.3. The lowest BCUT2D eigenvalue weighted by Gasteiger charge is -2.16. The van der Waals surface area contributed by atoms with Gasteiger partial charge in [0.05, 0.1) is 24.0 Å². The zero-order valence-corrected chi connectivity index (χ0v) is 17.3. The molecule has 0 aliphatic rings. The standard InChI is InChI=1S/C24H21N3O5/c1-16(13-21(28)29)32-19-10-5-9-18(14-19)27-22-20(11-6-12-25-22)23(30)26(24(27)31)15-17-7-3-2-4-8-17/h2-12,14,16H,13,15H2,1H3,(H,28,29). The highest BCUT2D eigenvalue weighted by molar-refractivity contribution is 5.75. The number of pyridine rings is 1. The Hall–Kier alpha value is -4.20. The first-order valence-electron chi connectivity index (χ1n) is 10.1. The molecule has 0 saturated carbocycles. The van der Waals surface area contributed by atoms with E-state index in [9.17, 15) is 14.4 Å². The Kier molecular flexibility index (Phi) is 5.85. The fourth-order valence-corrected chi connectivity index (χ4v) is 3.54. The van der Waals surface area contributed by atoms with Gasteiger partial charge in [-0.05, 0) is 36.8 Å². The number of fused-ring (bicyclic) bond motifs is 1. The van der Waals surface area contributed by atoms with Crippen LogP contribution >= 0.6 is 0 Å². The maximum atomic E-state index is 13.5. The summed E-state index contributed by atoms with van der Waals surface area (Å²) in [5.74, 6) is -0.555. The number of rotatable bonds is 7. The van der Waals surface area contributed by atoms with Crippen LogP contribution in [0.5, 0.6) is 5.75 Å². The van der Waals surface area contributed by atoms with Gasteiger partial charge in [-0.2, -0.15) is 0 Å². The highest BCUT2D eigenvalue weighted by Gasteiger charge is 2.17. The second kappa shape index (κ2) is 8.89. The molecule has 8 heteroatoms. The van der Waals surface area contributed by atoms with Crippen molar-refractivity contribution in [1.29, 1.82) is 0 Å². The fourth-order valence-electron chi connectivity index (χ4n) is 3.54. The van der Waals surface area contributed by atoms with Gasteiger partial charge in [0.25, 0.3) is 5.56 Å². The number of hydrogen-bond acceptors (Lipinski definition) is 5. The van der Waals surface area contributed by atoms with E-state index in [0.717, 1.165) is 5.56 Å². The molecule has 0 spiro atoms. The number of aromatic nitrogens is 3. The molecule has 8 nitrogen and oxygen atoms in total. The maximum Gasteiger partial charge on any atom is 0.337 e. The van der Waals surface area contributed by atoms with Crippen molar-refractivity contribution in [1.82, 2.24) is 14.1 Å². The second-order valence-corrected chi connectivity index (χ2v) is 7.39. The van der Waals surface area contributed by atoms with Crippen LogP contribution in [0.15, 0.2) is 82.5 Å². The quantitative estimate of drug-likeness (QED) is 0.483. The minimum Gasteiger partial charge on any atom is -0.490 e. The van der Waals surface area contributed by atoms with Crippen LogP contribution in [0.2, 0.25) is 0 Å². The summed E-state index contributed by atoms with van der Waals surface area (Å²) in [6.45, 7) is 1.78. The minimum absolute atomic E-state index is 0.120. The van der Waals surface area contributed by atoms with Crippen molar-refractivity contribution in [3.05, 3.63) is 99.3 Å². The Bertz CT molecular complexity index is 1390. The van der Waals surface area contributed by atoms with E-state index < -0.39 is 23.3 Å². The first kappa shape index (κ1) is 21.0. The van der Waals surface area contributed by atoms with Gasteiger partial charge in [0.2, 0.25) is 0 Å². The average Bonchev–Trinajstić information content (AvgIpc) is 2.77. The molecule has 1 unspecified atom stereocenters. The SMILES string of the molecule is CC(CC(=O)O)Oc1cccc(-n2c(=O)n(Cc3ccccc3)c(=O)c3cccnc32)c1. The molecular weight excluding hydrogens is 410 g/mol. The van der Waals surface area contributed by atoms with Crippen molar-refractivity contribution in [2.75, 3.05) is 0 Å². The summed E-state index contributed by atoms with van der Waals surface area (Å²) in [7, 11) is 0. The minimum atomic E-state index is -0.965. The molecule has 0 bridgehead atoms. The highest BCUT2D eigenvalue weighted by Crippen LogP contribution is 2.20. The van der Waals surface area contributed by atoms with Crippen molar-refractivity contribution in [3.8, 4) is 11.4 Å². The van der Waals surface area contributed by atoms with Gasteiger partial charge in [-0.1, -0.05) is 36.4 Å². The van der Waals surface area contributed by atoms with E-state index in [1.54, 1.807) is 43.3 Å². The first-order valence-corrected chi connectivity index (χ1v) is 10.1. The fraction of sp³-hybridized carbons (Fsp3) is 0.167. The van der Waals surface area contributed by atoms with E-state index in [-0.39, 0.29) is 18.6 Å². The van der Waals surface area contributed by atoms with E-state index in [4.69, 9.17) is 9.84 Å². The summed E-state index contributed by atoms with van der Waals surface area (Å²) < 4.78 is 8.25. The van der Waals surface area contributed by atoms with Crippen LogP contribution in [-0.4, -0.2) is 31.3 Å². The largest absolute Gasteiger partial charge is 0.490 e. The molecule has 162 valence electrons. The first-order chi connectivity index (χ1) is 15.4. The Morgan fingerprint density at radius 1 is 1.06 bits per heavy atom. The van der Waals surface area contributed by atoms with Gasteiger partial charge in [-0.25, -0.2) is 14.3 Å². The molecule has 0 aliphatic carbocycles. The molecule has 4 rings (SSSR count). The Morgan fingerprint density at radius 2 is 1.84 bits per heavy atom. The van der Waals surface area contributed by atoms with Gasteiger partial charge < -0.3 is 9.84 Å². The highest BCUT2D eigenvalue weighted by atomic mass is 16.5. The number of benzene rings is 2. The van der Waals surface area contributed by atoms with E-state index in [0.29, 0.717) is 16.8 Å². The molecule has 32 heavy (non-hydrogen) atoms. The van der Waals surface area contributed by atoms with Crippen LogP contribution in [0.1, 0.15) is 18.9 Å². The topological polar surface area (TPSA) is 103 Å². The van der Waals surface area contributed by atoms with Gasteiger partial charge >= 0.3 is 11.7 Å². The molecule has 0 radical (unpaired) electrons. The maximum absolute atomic E-state index is 13.5. The van der Waals surface area contributed by atoms with Crippen molar-refractivity contribution in [2.45, 2.75) is 26.0 Å². The predicted octanol–water partition coefficient (Wildman–Crippen LogP) is 2.84. The lowest BCUT2D eigenvalue weighted by molar-refractivity contribution is -0.138.